The minimum absolute atomic E-state index is 0.119. The first kappa shape index (κ1) is 22.8. The average molecular weight is 468 g/mol. The van der Waals surface area contributed by atoms with Crippen LogP contribution in [0.1, 0.15) is 22.8 Å². The fraction of sp³-hybridized carbons (Fsp3) is 0.136. The summed E-state index contributed by atoms with van der Waals surface area (Å²) in [6.45, 7) is 2.03. The molecule has 0 aliphatic rings. The Balaban J connectivity index is 1.65. The van der Waals surface area contributed by atoms with Crippen molar-refractivity contribution in [2.45, 2.75) is 18.0 Å². The second kappa shape index (κ2) is 9.98. The molecule has 0 aliphatic heterocycles. The smallest absolute Gasteiger partial charge is 0.416 e. The van der Waals surface area contributed by atoms with E-state index in [2.05, 4.69) is 4.72 Å². The van der Waals surface area contributed by atoms with Gasteiger partial charge in [-0.25, -0.2) is 4.79 Å². The minimum atomic E-state index is -4.47. The summed E-state index contributed by atoms with van der Waals surface area (Å²) >= 11 is 7.17. The van der Waals surface area contributed by atoms with Crippen LogP contribution >= 0.6 is 23.5 Å². The summed E-state index contributed by atoms with van der Waals surface area (Å²) in [5, 5.41) is -0.136. The van der Waals surface area contributed by atoms with E-state index in [-0.39, 0.29) is 17.4 Å². The van der Waals surface area contributed by atoms with E-state index in [0.29, 0.717) is 16.2 Å². The van der Waals surface area contributed by atoms with Crippen molar-refractivity contribution in [1.29, 1.82) is 0 Å². The zero-order valence-electron chi connectivity index (χ0n) is 16.2. The van der Waals surface area contributed by atoms with E-state index in [9.17, 15) is 18.0 Å². The number of ether oxygens (including phenoxy) is 2. The van der Waals surface area contributed by atoms with Crippen LogP contribution in [0.15, 0.2) is 71.6 Å². The van der Waals surface area contributed by atoms with Crippen LogP contribution in [0.25, 0.3) is 0 Å². The van der Waals surface area contributed by atoms with Crippen molar-refractivity contribution in [3.05, 3.63) is 82.9 Å². The lowest BCUT2D eigenvalue weighted by Crippen LogP contribution is -2.06. The van der Waals surface area contributed by atoms with Gasteiger partial charge in [-0.2, -0.15) is 13.2 Å². The van der Waals surface area contributed by atoms with Crippen LogP contribution in [-0.4, -0.2) is 12.6 Å². The molecule has 0 amide bonds. The summed E-state index contributed by atoms with van der Waals surface area (Å²) in [7, 11) is 0. The number of benzene rings is 3. The van der Waals surface area contributed by atoms with Gasteiger partial charge in [0.1, 0.15) is 11.5 Å². The number of hydrogen-bond acceptors (Lipinski definition) is 5. The van der Waals surface area contributed by atoms with Gasteiger partial charge >= 0.3 is 12.1 Å². The molecule has 0 aliphatic carbocycles. The van der Waals surface area contributed by atoms with Gasteiger partial charge in [-0.15, -0.1) is 0 Å². The molecule has 0 aromatic heterocycles. The molecule has 4 nitrogen and oxygen atoms in total. The fourth-order valence-electron chi connectivity index (χ4n) is 2.52. The molecule has 0 radical (unpaired) electrons. The van der Waals surface area contributed by atoms with Gasteiger partial charge in [0.25, 0.3) is 0 Å². The van der Waals surface area contributed by atoms with Crippen LogP contribution in [0.2, 0.25) is 5.02 Å². The van der Waals surface area contributed by atoms with Gasteiger partial charge in [0, 0.05) is 10.6 Å². The van der Waals surface area contributed by atoms with Gasteiger partial charge < -0.3 is 14.2 Å². The van der Waals surface area contributed by atoms with Gasteiger partial charge in [-0.05, 0) is 73.5 Å². The van der Waals surface area contributed by atoms with Gasteiger partial charge in [0.2, 0.25) is 0 Å². The molecule has 162 valence electrons. The molecule has 0 bridgehead atoms. The molecular formula is C22H17ClF3NO3S. The molecular weight excluding hydrogens is 451 g/mol. The number of halogens is 4. The van der Waals surface area contributed by atoms with Crippen LogP contribution in [0.3, 0.4) is 0 Å². The lowest BCUT2D eigenvalue weighted by atomic mass is 10.2. The van der Waals surface area contributed by atoms with Gasteiger partial charge in [0.15, 0.2) is 0 Å². The van der Waals surface area contributed by atoms with E-state index in [1.165, 1.54) is 18.0 Å². The van der Waals surface area contributed by atoms with E-state index < -0.39 is 17.7 Å². The summed E-state index contributed by atoms with van der Waals surface area (Å²) in [5.74, 6) is 0.127. The van der Waals surface area contributed by atoms with Gasteiger partial charge in [0.05, 0.1) is 22.8 Å². The zero-order valence-corrected chi connectivity index (χ0v) is 17.8. The standard InChI is InChI=1S/C22H17ClF3NO3S/c1-2-29-21(28)17-5-3-4-6-20(17)31-27-15-8-10-16(11-9-15)30-19-12-7-14(13-18(19)23)22(24,25)26/h3-13,27H,2H2,1H3. The normalized spacial score (nSPS) is 11.1. The first-order valence-electron chi connectivity index (χ1n) is 9.11. The van der Waals surface area contributed by atoms with Crippen molar-refractivity contribution < 1.29 is 27.4 Å². The summed E-state index contributed by atoms with van der Waals surface area (Å²) < 4.78 is 52.0. The molecule has 0 heterocycles. The molecule has 3 rings (SSSR count). The lowest BCUT2D eigenvalue weighted by molar-refractivity contribution is -0.137. The van der Waals surface area contributed by atoms with Crippen molar-refractivity contribution in [3.8, 4) is 11.5 Å². The van der Waals surface area contributed by atoms with E-state index >= 15 is 0 Å². The Kier molecular flexibility index (Phi) is 7.35. The highest BCUT2D eigenvalue weighted by Gasteiger charge is 2.31. The number of carbonyl (C=O) groups is 1. The number of rotatable bonds is 7. The van der Waals surface area contributed by atoms with Crippen molar-refractivity contribution in [2.24, 2.45) is 0 Å². The maximum absolute atomic E-state index is 12.7. The predicted molar refractivity (Wildman–Crippen MR) is 115 cm³/mol. The number of anilines is 1. The van der Waals surface area contributed by atoms with Crippen LogP contribution < -0.4 is 9.46 Å². The molecule has 0 saturated carbocycles. The Hall–Kier alpha value is -2.84. The number of nitrogens with one attached hydrogen (secondary N) is 1. The summed E-state index contributed by atoms with van der Waals surface area (Å²) in [6, 6.07) is 16.7. The topological polar surface area (TPSA) is 47.6 Å². The van der Waals surface area contributed by atoms with Crippen molar-refractivity contribution in [2.75, 3.05) is 11.3 Å². The molecule has 31 heavy (non-hydrogen) atoms. The Labute approximate surface area is 186 Å². The highest BCUT2D eigenvalue weighted by Crippen LogP contribution is 2.36. The monoisotopic (exact) mass is 467 g/mol. The fourth-order valence-corrected chi connectivity index (χ4v) is 3.52. The minimum Gasteiger partial charge on any atom is -0.462 e. The van der Waals surface area contributed by atoms with Crippen LogP contribution in [0.4, 0.5) is 18.9 Å². The second-order valence-corrected chi connectivity index (χ2v) is 7.45. The highest BCUT2D eigenvalue weighted by atomic mass is 35.5. The lowest BCUT2D eigenvalue weighted by Gasteiger charge is -2.12. The molecule has 0 fully saturated rings. The van der Waals surface area contributed by atoms with E-state index in [4.69, 9.17) is 21.1 Å². The first-order chi connectivity index (χ1) is 14.8. The molecule has 3 aromatic carbocycles. The summed E-state index contributed by atoms with van der Waals surface area (Å²) in [6.07, 6.45) is -4.47. The Morgan fingerprint density at radius 2 is 1.77 bits per heavy atom. The molecule has 0 spiro atoms. The predicted octanol–water partition coefficient (Wildman–Crippen LogP) is 7.45. The van der Waals surface area contributed by atoms with Crippen molar-refractivity contribution in [1.82, 2.24) is 0 Å². The second-order valence-electron chi connectivity index (χ2n) is 6.19. The maximum atomic E-state index is 12.7. The molecule has 0 unspecified atom stereocenters. The number of esters is 1. The summed E-state index contributed by atoms with van der Waals surface area (Å²) in [5.41, 5.74) is 0.345. The van der Waals surface area contributed by atoms with Crippen LogP contribution in [0.5, 0.6) is 11.5 Å². The third-order valence-electron chi connectivity index (χ3n) is 4.00. The third-order valence-corrected chi connectivity index (χ3v) is 5.21. The van der Waals surface area contributed by atoms with Gasteiger partial charge in [-0.1, -0.05) is 23.7 Å². The van der Waals surface area contributed by atoms with Crippen LogP contribution in [0, 0.1) is 0 Å². The highest BCUT2D eigenvalue weighted by molar-refractivity contribution is 8.00. The van der Waals surface area contributed by atoms with E-state index in [1.807, 2.05) is 6.07 Å². The SMILES string of the molecule is CCOC(=O)c1ccccc1SNc1ccc(Oc2ccc(C(F)(F)F)cc2Cl)cc1. The van der Waals surface area contributed by atoms with Gasteiger partial charge in [-0.3, -0.25) is 0 Å². The molecule has 0 atom stereocenters. The largest absolute Gasteiger partial charge is 0.462 e. The average Bonchev–Trinajstić information content (AvgIpc) is 2.74. The number of carbonyl (C=O) groups excluding carboxylic acids is 1. The van der Waals surface area contributed by atoms with Crippen molar-refractivity contribution in [3.63, 3.8) is 0 Å². The Bertz CT molecular complexity index is 1060. The maximum Gasteiger partial charge on any atom is 0.416 e. The van der Waals surface area contributed by atoms with Crippen molar-refractivity contribution >= 4 is 35.2 Å². The van der Waals surface area contributed by atoms with E-state index in [0.717, 1.165) is 17.8 Å². The van der Waals surface area contributed by atoms with E-state index in [1.54, 1.807) is 49.4 Å². The zero-order chi connectivity index (χ0) is 22.4. The number of hydrogen-bond donors (Lipinski definition) is 1. The molecule has 0 saturated heterocycles. The third kappa shape index (κ3) is 6.08. The molecule has 3 aromatic rings. The quantitative estimate of drug-likeness (QED) is 0.289. The number of alkyl halides is 3. The van der Waals surface area contributed by atoms with Crippen LogP contribution in [-0.2, 0) is 10.9 Å². The first-order valence-corrected chi connectivity index (χ1v) is 10.3. The Morgan fingerprint density at radius 1 is 1.06 bits per heavy atom. The molecule has 1 N–H and O–H groups in total. The summed E-state index contributed by atoms with van der Waals surface area (Å²) in [4.78, 5) is 12.8. The Morgan fingerprint density at radius 3 is 2.42 bits per heavy atom. The molecule has 9 heteroatoms.